The molecule has 0 aromatic heterocycles. The molecule has 2 heterocycles. The Labute approximate surface area is 230 Å². The SMILES string of the molecule is CCOCCOC(=O)C1=C(C)NC2=C(C(=O)C[C@H](c3ccc(OC)cc3)C2)[C@H]1c1cc2c(cc1Br)OCO2. The lowest BCUT2D eigenvalue weighted by molar-refractivity contribution is -0.140. The van der Waals surface area contributed by atoms with Crippen molar-refractivity contribution in [2.24, 2.45) is 0 Å². The molecule has 0 saturated heterocycles. The van der Waals surface area contributed by atoms with Crippen LogP contribution < -0.4 is 19.5 Å². The second kappa shape index (κ2) is 11.2. The molecular formula is C29H30BrNO7. The molecule has 2 aromatic carbocycles. The van der Waals surface area contributed by atoms with Crippen LogP contribution in [0.1, 0.15) is 49.7 Å². The maximum Gasteiger partial charge on any atom is 0.336 e. The van der Waals surface area contributed by atoms with Crippen molar-refractivity contribution in [2.75, 3.05) is 33.7 Å². The molecule has 1 aliphatic carbocycles. The van der Waals surface area contributed by atoms with Crippen LogP contribution in [-0.2, 0) is 19.1 Å². The van der Waals surface area contributed by atoms with Gasteiger partial charge in [-0.15, -0.1) is 0 Å². The first-order chi connectivity index (χ1) is 18.4. The standard InChI is InChI=1S/C29H30BrNO7/c1-4-35-9-10-36-29(33)26-16(2)31-22-11-18(17-5-7-19(34-3)8-6-17)12-23(32)28(22)27(26)20-13-24-25(14-21(20)30)38-15-37-24/h5-8,13-14,18,27,31H,4,9-12,15H2,1-3H3/t18-,27+/m1/s1. The van der Waals surface area contributed by atoms with Crippen molar-refractivity contribution in [3.63, 3.8) is 0 Å². The number of methoxy groups -OCH3 is 1. The van der Waals surface area contributed by atoms with E-state index in [1.54, 1.807) is 7.11 Å². The van der Waals surface area contributed by atoms with Crippen molar-refractivity contribution in [2.45, 2.75) is 38.5 Å². The Balaban J connectivity index is 1.54. The highest BCUT2D eigenvalue weighted by atomic mass is 79.9. The maximum absolute atomic E-state index is 13.8. The van der Waals surface area contributed by atoms with Gasteiger partial charge in [-0.05, 0) is 61.6 Å². The second-order valence-corrected chi connectivity index (χ2v) is 10.2. The minimum absolute atomic E-state index is 0.00740. The van der Waals surface area contributed by atoms with Crippen LogP contribution in [0.4, 0.5) is 0 Å². The first-order valence-electron chi connectivity index (χ1n) is 12.6. The van der Waals surface area contributed by atoms with Gasteiger partial charge >= 0.3 is 5.97 Å². The highest BCUT2D eigenvalue weighted by Crippen LogP contribution is 2.49. The number of benzene rings is 2. The normalized spacial score (nSPS) is 20.3. The van der Waals surface area contributed by atoms with E-state index in [2.05, 4.69) is 21.2 Å². The third-order valence-corrected chi connectivity index (χ3v) is 7.79. The summed E-state index contributed by atoms with van der Waals surface area (Å²) in [6, 6.07) is 11.5. The van der Waals surface area contributed by atoms with Gasteiger partial charge in [0.15, 0.2) is 17.3 Å². The third kappa shape index (κ3) is 5.05. The largest absolute Gasteiger partial charge is 0.497 e. The summed E-state index contributed by atoms with van der Waals surface area (Å²) in [4.78, 5) is 27.3. The molecular weight excluding hydrogens is 554 g/mol. The van der Waals surface area contributed by atoms with E-state index >= 15 is 0 Å². The zero-order valence-electron chi connectivity index (χ0n) is 21.6. The number of hydrogen-bond donors (Lipinski definition) is 1. The highest BCUT2D eigenvalue weighted by molar-refractivity contribution is 9.10. The average molecular weight is 584 g/mol. The molecule has 0 saturated carbocycles. The predicted molar refractivity (Wildman–Crippen MR) is 143 cm³/mol. The summed E-state index contributed by atoms with van der Waals surface area (Å²) in [7, 11) is 1.63. The highest BCUT2D eigenvalue weighted by Gasteiger charge is 2.42. The van der Waals surface area contributed by atoms with Crippen molar-refractivity contribution in [3.05, 3.63) is 74.5 Å². The fourth-order valence-electron chi connectivity index (χ4n) is 5.30. The summed E-state index contributed by atoms with van der Waals surface area (Å²) < 4.78 is 28.1. The van der Waals surface area contributed by atoms with Gasteiger partial charge in [-0.2, -0.15) is 0 Å². The number of carbonyl (C=O) groups excluding carboxylic acids is 2. The molecule has 0 radical (unpaired) electrons. The Kier molecular flexibility index (Phi) is 7.76. The number of fused-ring (bicyclic) bond motifs is 1. The smallest absolute Gasteiger partial charge is 0.336 e. The van der Waals surface area contributed by atoms with Gasteiger partial charge < -0.3 is 29.0 Å². The molecule has 0 fully saturated rings. The number of Topliss-reactive ketones (excluding diaryl/α,β-unsaturated/α-hetero) is 1. The lowest BCUT2D eigenvalue weighted by Gasteiger charge is -2.37. The Morgan fingerprint density at radius 2 is 1.84 bits per heavy atom. The van der Waals surface area contributed by atoms with Gasteiger partial charge in [0, 0.05) is 40.4 Å². The zero-order chi connectivity index (χ0) is 26.8. The molecule has 0 spiro atoms. The summed E-state index contributed by atoms with van der Waals surface area (Å²) in [5.74, 6) is 0.838. The molecule has 2 atom stereocenters. The van der Waals surface area contributed by atoms with Crippen LogP contribution in [0.15, 0.2) is 63.4 Å². The second-order valence-electron chi connectivity index (χ2n) is 9.35. The van der Waals surface area contributed by atoms with E-state index in [-0.39, 0.29) is 25.1 Å². The Hall–Kier alpha value is -3.30. The molecule has 9 heteroatoms. The predicted octanol–water partition coefficient (Wildman–Crippen LogP) is 5.13. The summed E-state index contributed by atoms with van der Waals surface area (Å²) in [5.41, 5.74) is 4.27. The lowest BCUT2D eigenvalue weighted by atomic mass is 9.71. The Morgan fingerprint density at radius 1 is 1.11 bits per heavy atom. The number of dihydropyridines is 1. The van der Waals surface area contributed by atoms with E-state index in [1.165, 1.54) is 0 Å². The van der Waals surface area contributed by atoms with Crippen LogP contribution >= 0.6 is 15.9 Å². The lowest BCUT2D eigenvalue weighted by Crippen LogP contribution is -2.36. The fourth-order valence-corrected chi connectivity index (χ4v) is 5.85. The third-order valence-electron chi connectivity index (χ3n) is 7.10. The minimum atomic E-state index is -0.626. The van der Waals surface area contributed by atoms with E-state index in [1.807, 2.05) is 50.2 Å². The summed E-state index contributed by atoms with van der Waals surface area (Å²) in [6.07, 6.45) is 0.966. The number of ether oxygens (including phenoxy) is 5. The van der Waals surface area contributed by atoms with E-state index in [9.17, 15) is 9.59 Å². The number of halogens is 1. The maximum atomic E-state index is 13.8. The molecule has 1 N–H and O–H groups in total. The first kappa shape index (κ1) is 26.3. The molecule has 0 unspecified atom stereocenters. The Bertz CT molecular complexity index is 1310. The molecule has 38 heavy (non-hydrogen) atoms. The van der Waals surface area contributed by atoms with Crippen LogP contribution in [0.5, 0.6) is 17.2 Å². The number of nitrogens with one attached hydrogen (secondary N) is 1. The van der Waals surface area contributed by atoms with E-state index in [0.29, 0.717) is 54.4 Å². The number of allylic oxidation sites excluding steroid dienone is 3. The van der Waals surface area contributed by atoms with Crippen LogP contribution in [0, 0.1) is 0 Å². The topological polar surface area (TPSA) is 92.3 Å². The van der Waals surface area contributed by atoms with E-state index < -0.39 is 11.9 Å². The molecule has 3 aliphatic rings. The van der Waals surface area contributed by atoms with Crippen molar-refractivity contribution in [3.8, 4) is 17.2 Å². The number of carbonyl (C=O) groups is 2. The molecule has 0 bridgehead atoms. The minimum Gasteiger partial charge on any atom is -0.497 e. The van der Waals surface area contributed by atoms with Gasteiger partial charge in [-0.25, -0.2) is 4.79 Å². The number of esters is 1. The van der Waals surface area contributed by atoms with Crippen LogP contribution in [-0.4, -0.2) is 45.5 Å². The molecule has 2 aliphatic heterocycles. The monoisotopic (exact) mass is 583 g/mol. The summed E-state index contributed by atoms with van der Waals surface area (Å²) >= 11 is 3.66. The average Bonchev–Trinajstić information content (AvgIpc) is 3.37. The number of rotatable bonds is 8. The molecule has 8 nitrogen and oxygen atoms in total. The quantitative estimate of drug-likeness (QED) is 0.338. The fraction of sp³-hybridized carbons (Fsp3) is 0.379. The van der Waals surface area contributed by atoms with Gasteiger partial charge in [0.25, 0.3) is 0 Å². The van der Waals surface area contributed by atoms with Gasteiger partial charge in [0.05, 0.1) is 19.3 Å². The summed E-state index contributed by atoms with van der Waals surface area (Å²) in [6.45, 7) is 4.81. The van der Waals surface area contributed by atoms with Crippen LogP contribution in [0.25, 0.3) is 0 Å². The van der Waals surface area contributed by atoms with Crippen molar-refractivity contribution in [1.29, 1.82) is 0 Å². The van der Waals surface area contributed by atoms with Gasteiger partial charge in [-0.3, -0.25) is 4.79 Å². The molecule has 200 valence electrons. The van der Waals surface area contributed by atoms with Crippen molar-refractivity contribution < 1.29 is 33.3 Å². The molecule has 0 amide bonds. The number of ketones is 1. The van der Waals surface area contributed by atoms with Crippen molar-refractivity contribution in [1.82, 2.24) is 5.32 Å². The number of hydrogen-bond acceptors (Lipinski definition) is 8. The van der Waals surface area contributed by atoms with Gasteiger partial charge in [0.2, 0.25) is 6.79 Å². The molecule has 2 aromatic rings. The van der Waals surface area contributed by atoms with E-state index in [0.717, 1.165) is 27.0 Å². The molecule has 5 rings (SSSR count). The van der Waals surface area contributed by atoms with E-state index in [4.69, 9.17) is 23.7 Å². The van der Waals surface area contributed by atoms with Crippen LogP contribution in [0.3, 0.4) is 0 Å². The van der Waals surface area contributed by atoms with Crippen LogP contribution in [0.2, 0.25) is 0 Å². The Morgan fingerprint density at radius 3 is 2.55 bits per heavy atom. The van der Waals surface area contributed by atoms with Crippen molar-refractivity contribution >= 4 is 27.7 Å². The zero-order valence-corrected chi connectivity index (χ0v) is 23.2. The van der Waals surface area contributed by atoms with Gasteiger partial charge in [-0.1, -0.05) is 28.1 Å². The van der Waals surface area contributed by atoms with Gasteiger partial charge in [0.1, 0.15) is 12.4 Å². The first-order valence-corrected chi connectivity index (χ1v) is 13.4. The summed E-state index contributed by atoms with van der Waals surface area (Å²) in [5, 5.41) is 3.39.